The van der Waals surface area contributed by atoms with E-state index in [4.69, 9.17) is 21.4 Å². The van der Waals surface area contributed by atoms with Crippen LogP contribution in [0.4, 0.5) is 0 Å². The van der Waals surface area contributed by atoms with E-state index in [0.717, 1.165) is 6.54 Å². The Morgan fingerprint density at radius 1 is 1.10 bits per heavy atom. The van der Waals surface area contributed by atoms with Crippen molar-refractivity contribution in [3.8, 4) is 0 Å². The summed E-state index contributed by atoms with van der Waals surface area (Å²) in [7, 11) is 0. The largest absolute Gasteiger partial charge is 0.481 e. The third-order valence-electron chi connectivity index (χ3n) is 6.01. The second-order valence-electron chi connectivity index (χ2n) is 7.98. The molecule has 1 spiro atoms. The third-order valence-corrected chi connectivity index (χ3v) is 6.26. The van der Waals surface area contributed by atoms with Gasteiger partial charge >= 0.3 is 5.97 Å². The summed E-state index contributed by atoms with van der Waals surface area (Å²) in [6.07, 6.45) is -0.158. The quantitative estimate of drug-likeness (QED) is 0.778. The minimum absolute atomic E-state index is 0.00533. The summed E-state index contributed by atoms with van der Waals surface area (Å²) in [6.45, 7) is 4.09. The lowest BCUT2D eigenvalue weighted by molar-refractivity contribution is -0.173. The Bertz CT molecular complexity index is 809. The summed E-state index contributed by atoms with van der Waals surface area (Å²) < 4.78 is 5.65. The smallest absolute Gasteiger partial charge is 0.303 e. The molecule has 3 heterocycles. The molecule has 2 amide bonds. The first kappa shape index (κ1) is 20.1. The zero-order valence-electron chi connectivity index (χ0n) is 16.1. The normalized spacial score (nSPS) is 23.4. The fraction of sp³-hybridized carbons (Fsp3) is 0.550. The molecule has 9 heteroatoms. The maximum absolute atomic E-state index is 13.1. The van der Waals surface area contributed by atoms with Gasteiger partial charge in [-0.25, -0.2) is 0 Å². The van der Waals surface area contributed by atoms with Gasteiger partial charge in [0.1, 0.15) is 0 Å². The molecule has 1 atom stereocenters. The fourth-order valence-corrected chi connectivity index (χ4v) is 4.75. The lowest BCUT2D eigenvalue weighted by atomic mass is 9.82. The van der Waals surface area contributed by atoms with E-state index in [2.05, 4.69) is 4.90 Å². The average Bonchev–Trinajstić information content (AvgIpc) is 2.69. The molecule has 1 aromatic rings. The zero-order valence-corrected chi connectivity index (χ0v) is 16.8. The number of carboxylic acids is 1. The molecule has 0 saturated carbocycles. The molecule has 3 fully saturated rings. The van der Waals surface area contributed by atoms with Gasteiger partial charge in [-0.15, -0.1) is 0 Å². The molecular weight excluding hydrogens is 398 g/mol. The van der Waals surface area contributed by atoms with Gasteiger partial charge in [0.2, 0.25) is 5.91 Å². The molecular formula is C20H24ClN3O5. The number of rotatable bonds is 4. The minimum atomic E-state index is -0.973. The van der Waals surface area contributed by atoms with Crippen LogP contribution in [0.3, 0.4) is 0 Å². The van der Waals surface area contributed by atoms with Crippen molar-refractivity contribution in [2.24, 2.45) is 0 Å². The van der Waals surface area contributed by atoms with Gasteiger partial charge in [-0.3, -0.25) is 19.3 Å². The van der Waals surface area contributed by atoms with Crippen LogP contribution >= 0.6 is 11.6 Å². The van der Waals surface area contributed by atoms with Crippen molar-refractivity contribution in [1.29, 1.82) is 0 Å². The summed E-state index contributed by atoms with van der Waals surface area (Å²) in [5.41, 5.74) is 0.289. The van der Waals surface area contributed by atoms with Crippen LogP contribution in [0, 0.1) is 0 Å². The first-order chi connectivity index (χ1) is 13.9. The Labute approximate surface area is 173 Å². The Kier molecular flexibility index (Phi) is 5.50. The molecule has 3 aliphatic heterocycles. The van der Waals surface area contributed by atoms with E-state index < -0.39 is 5.97 Å². The van der Waals surface area contributed by atoms with Crippen molar-refractivity contribution < 1.29 is 24.2 Å². The second kappa shape index (κ2) is 7.93. The van der Waals surface area contributed by atoms with Gasteiger partial charge < -0.3 is 19.6 Å². The first-order valence-electron chi connectivity index (χ1n) is 9.77. The van der Waals surface area contributed by atoms with Gasteiger partial charge in [-0.05, 0) is 24.3 Å². The van der Waals surface area contributed by atoms with Crippen LogP contribution < -0.4 is 0 Å². The van der Waals surface area contributed by atoms with Crippen molar-refractivity contribution in [2.75, 3.05) is 45.9 Å². The van der Waals surface area contributed by atoms with E-state index in [9.17, 15) is 14.4 Å². The molecule has 8 nitrogen and oxygen atoms in total. The van der Waals surface area contributed by atoms with Crippen LogP contribution in [0.1, 0.15) is 23.2 Å². The number of carbonyl (C=O) groups is 3. The Balaban J connectivity index is 1.49. The number of carboxylic acid groups (broad SMARTS) is 1. The summed E-state index contributed by atoms with van der Waals surface area (Å²) in [4.78, 5) is 42.1. The number of aliphatic carboxylic acids is 1. The van der Waals surface area contributed by atoms with Gasteiger partial charge in [0.15, 0.2) is 0 Å². The lowest BCUT2D eigenvalue weighted by Crippen LogP contribution is -2.81. The average molecular weight is 422 g/mol. The highest BCUT2D eigenvalue weighted by Crippen LogP contribution is 2.36. The van der Waals surface area contributed by atoms with Crippen LogP contribution in [0.15, 0.2) is 24.3 Å². The molecule has 0 aliphatic carbocycles. The number of nitrogens with zero attached hydrogens (tertiary/aromatic N) is 3. The summed E-state index contributed by atoms with van der Waals surface area (Å²) in [5, 5.41) is 9.39. The van der Waals surface area contributed by atoms with Gasteiger partial charge in [0, 0.05) is 49.7 Å². The van der Waals surface area contributed by atoms with E-state index >= 15 is 0 Å². The van der Waals surface area contributed by atoms with E-state index in [1.54, 1.807) is 29.2 Å². The highest BCUT2D eigenvalue weighted by atomic mass is 35.5. The first-order valence-corrected chi connectivity index (χ1v) is 10.1. The van der Waals surface area contributed by atoms with Crippen LogP contribution in [-0.4, -0.2) is 95.1 Å². The molecule has 1 aromatic carbocycles. The number of fused-ring (bicyclic) bond motifs is 2. The van der Waals surface area contributed by atoms with Crippen LogP contribution in [0.25, 0.3) is 0 Å². The monoisotopic (exact) mass is 421 g/mol. The van der Waals surface area contributed by atoms with E-state index in [1.807, 2.05) is 4.90 Å². The molecule has 0 bridgehead atoms. The molecule has 3 aliphatic rings. The highest BCUT2D eigenvalue weighted by Gasteiger charge is 2.55. The third kappa shape index (κ3) is 3.97. The SMILES string of the molecule is O=C(O)CCC(=O)N1CC2(C1)CN(C(=O)c1ccc(Cl)cc1)CC1COCCN12. The number of piperazine rings is 1. The molecule has 1 unspecified atom stereocenters. The number of ether oxygens (including phenoxy) is 1. The second-order valence-corrected chi connectivity index (χ2v) is 8.42. The number of hydrogen-bond donors (Lipinski definition) is 1. The molecule has 3 saturated heterocycles. The van der Waals surface area contributed by atoms with Crippen molar-refractivity contribution in [3.05, 3.63) is 34.9 Å². The number of benzene rings is 1. The zero-order chi connectivity index (χ0) is 20.6. The summed E-state index contributed by atoms with van der Waals surface area (Å²) >= 11 is 5.94. The number of likely N-dealkylation sites (tertiary alicyclic amines) is 1. The van der Waals surface area contributed by atoms with E-state index in [-0.39, 0.29) is 36.2 Å². The fourth-order valence-electron chi connectivity index (χ4n) is 4.62. The van der Waals surface area contributed by atoms with E-state index in [0.29, 0.717) is 50.0 Å². The van der Waals surface area contributed by atoms with Crippen LogP contribution in [0.5, 0.6) is 0 Å². The number of amides is 2. The number of carbonyl (C=O) groups excluding carboxylic acids is 2. The maximum atomic E-state index is 13.1. The predicted octanol–water partition coefficient (Wildman–Crippen LogP) is 0.942. The molecule has 0 aromatic heterocycles. The Morgan fingerprint density at radius 3 is 2.48 bits per heavy atom. The minimum Gasteiger partial charge on any atom is -0.481 e. The lowest BCUT2D eigenvalue weighted by Gasteiger charge is -2.63. The van der Waals surface area contributed by atoms with Crippen molar-refractivity contribution >= 4 is 29.4 Å². The van der Waals surface area contributed by atoms with Gasteiger partial charge in [0.05, 0.1) is 31.2 Å². The van der Waals surface area contributed by atoms with E-state index in [1.165, 1.54) is 0 Å². The van der Waals surface area contributed by atoms with Crippen molar-refractivity contribution in [1.82, 2.24) is 14.7 Å². The topological polar surface area (TPSA) is 90.4 Å². The van der Waals surface area contributed by atoms with Gasteiger partial charge in [0.25, 0.3) is 5.91 Å². The van der Waals surface area contributed by atoms with Gasteiger partial charge in [-0.2, -0.15) is 0 Å². The van der Waals surface area contributed by atoms with Crippen LogP contribution in [0.2, 0.25) is 5.02 Å². The molecule has 156 valence electrons. The highest BCUT2D eigenvalue weighted by molar-refractivity contribution is 6.30. The number of halogens is 1. The Hall–Kier alpha value is -2.16. The van der Waals surface area contributed by atoms with Crippen molar-refractivity contribution in [2.45, 2.75) is 24.4 Å². The predicted molar refractivity (Wildman–Crippen MR) is 105 cm³/mol. The Morgan fingerprint density at radius 2 is 1.79 bits per heavy atom. The molecule has 1 N–H and O–H groups in total. The summed E-state index contributed by atoms with van der Waals surface area (Å²) in [6, 6.07) is 6.95. The standard InChI is InChI=1S/C20H24ClN3O5/c21-15-3-1-14(2-4-15)19(28)22-9-16-10-29-8-7-24(16)20(11-22)12-23(13-20)17(25)5-6-18(26)27/h1-4,16H,5-13H2,(H,26,27). The van der Waals surface area contributed by atoms with Crippen LogP contribution in [-0.2, 0) is 14.3 Å². The molecule has 4 rings (SSSR count). The summed E-state index contributed by atoms with van der Waals surface area (Å²) in [5.74, 6) is -1.18. The number of morpholine rings is 1. The maximum Gasteiger partial charge on any atom is 0.303 e. The number of hydrogen-bond acceptors (Lipinski definition) is 5. The van der Waals surface area contributed by atoms with Crippen molar-refractivity contribution in [3.63, 3.8) is 0 Å². The molecule has 0 radical (unpaired) electrons. The van der Waals surface area contributed by atoms with Gasteiger partial charge in [-0.1, -0.05) is 11.6 Å². The molecule has 29 heavy (non-hydrogen) atoms.